The Morgan fingerprint density at radius 1 is 0.571 bits per heavy atom. The smallest absolute Gasteiger partial charge is 0.0387 e. The van der Waals surface area contributed by atoms with E-state index in [1.807, 2.05) is 51.2 Å². The Labute approximate surface area is 293 Å². The Morgan fingerprint density at radius 2 is 1.12 bits per heavy atom. The van der Waals surface area contributed by atoms with Crippen LogP contribution < -0.4 is 5.73 Å². The number of benzene rings is 6. The van der Waals surface area contributed by atoms with Gasteiger partial charge in [-0.3, -0.25) is 0 Å². The van der Waals surface area contributed by atoms with E-state index < -0.39 is 0 Å². The predicted octanol–water partition coefficient (Wildman–Crippen LogP) is 13.8. The summed E-state index contributed by atoms with van der Waals surface area (Å²) in [6.07, 6.45) is 13.1. The van der Waals surface area contributed by atoms with E-state index in [1.54, 1.807) is 12.2 Å². The Kier molecular flexibility index (Phi) is 12.7. The van der Waals surface area contributed by atoms with Gasteiger partial charge in [-0.25, -0.2) is 0 Å². The summed E-state index contributed by atoms with van der Waals surface area (Å²) in [4.78, 5) is 0. The molecule has 1 heteroatoms. The van der Waals surface area contributed by atoms with Crippen LogP contribution >= 0.6 is 0 Å². The third-order valence-corrected chi connectivity index (χ3v) is 8.32. The molecular formula is C48H47N. The molecule has 0 saturated heterocycles. The van der Waals surface area contributed by atoms with E-state index in [1.165, 1.54) is 38.2 Å². The molecule has 0 heterocycles. The summed E-state index contributed by atoms with van der Waals surface area (Å²) < 4.78 is 0. The van der Waals surface area contributed by atoms with Gasteiger partial charge < -0.3 is 5.73 Å². The number of hydrogen-bond acceptors (Lipinski definition) is 1. The molecule has 0 aliphatic carbocycles. The van der Waals surface area contributed by atoms with E-state index in [9.17, 15) is 0 Å². The molecule has 6 rings (SSSR count). The van der Waals surface area contributed by atoms with E-state index in [0.29, 0.717) is 0 Å². The first-order chi connectivity index (χ1) is 23.9. The molecule has 0 aliphatic heterocycles. The fourth-order valence-corrected chi connectivity index (χ4v) is 6.05. The van der Waals surface area contributed by atoms with Gasteiger partial charge in [0.25, 0.3) is 0 Å². The molecule has 0 amide bonds. The quantitative estimate of drug-likeness (QED) is 0.165. The molecule has 6 aromatic carbocycles. The minimum absolute atomic E-state index is 0.749. The number of allylic oxidation sites excluding steroid dienone is 5. The van der Waals surface area contributed by atoms with Crippen LogP contribution in [0.15, 0.2) is 166 Å². The van der Waals surface area contributed by atoms with Crippen molar-refractivity contribution in [3.8, 4) is 33.4 Å². The molecule has 0 bridgehead atoms. The summed E-state index contributed by atoms with van der Waals surface area (Å²) in [6.45, 7) is 23.4. The summed E-state index contributed by atoms with van der Waals surface area (Å²) in [7, 11) is 0. The average Bonchev–Trinajstić information content (AvgIpc) is 3.16. The Morgan fingerprint density at radius 3 is 1.69 bits per heavy atom. The number of fused-ring (bicyclic) bond motifs is 2. The van der Waals surface area contributed by atoms with Crippen molar-refractivity contribution in [1.82, 2.24) is 0 Å². The Hall–Kier alpha value is -5.92. The summed E-state index contributed by atoms with van der Waals surface area (Å²) in [5, 5.41) is 4.86. The highest BCUT2D eigenvalue weighted by molar-refractivity contribution is 6.12. The van der Waals surface area contributed by atoms with Crippen molar-refractivity contribution in [2.45, 2.75) is 27.7 Å². The maximum absolute atomic E-state index is 6.26. The molecule has 0 saturated carbocycles. The molecule has 0 aliphatic rings. The minimum Gasteiger partial charge on any atom is -0.398 e. The van der Waals surface area contributed by atoms with Crippen LogP contribution in [0.5, 0.6) is 0 Å². The summed E-state index contributed by atoms with van der Waals surface area (Å²) in [6, 6.07) is 39.2. The van der Waals surface area contributed by atoms with Crippen molar-refractivity contribution in [1.29, 1.82) is 0 Å². The number of aryl methyl sites for hydroxylation is 1. The van der Waals surface area contributed by atoms with E-state index in [0.717, 1.165) is 44.6 Å². The van der Waals surface area contributed by atoms with Gasteiger partial charge in [0.05, 0.1) is 0 Å². The highest BCUT2D eigenvalue weighted by atomic mass is 14.6. The summed E-state index contributed by atoms with van der Waals surface area (Å²) >= 11 is 0. The molecule has 0 fully saturated rings. The highest BCUT2D eigenvalue weighted by Crippen LogP contribution is 2.44. The minimum atomic E-state index is 0.749. The van der Waals surface area contributed by atoms with Gasteiger partial charge in [0.15, 0.2) is 0 Å². The number of nitrogens with two attached hydrogens (primary N) is 1. The molecule has 0 radical (unpaired) electrons. The summed E-state index contributed by atoms with van der Waals surface area (Å²) in [5.74, 6) is 0. The molecule has 2 N–H and O–H groups in total. The van der Waals surface area contributed by atoms with Crippen molar-refractivity contribution < 1.29 is 0 Å². The second-order valence-corrected chi connectivity index (χ2v) is 11.4. The predicted molar refractivity (Wildman–Crippen MR) is 221 cm³/mol. The van der Waals surface area contributed by atoms with E-state index in [2.05, 4.69) is 142 Å². The maximum Gasteiger partial charge on any atom is 0.0387 e. The van der Waals surface area contributed by atoms with Gasteiger partial charge >= 0.3 is 0 Å². The highest BCUT2D eigenvalue weighted by Gasteiger charge is 2.19. The fraction of sp³-hybridized carbons (Fsp3) is 0.0833. The van der Waals surface area contributed by atoms with E-state index in [-0.39, 0.29) is 0 Å². The third-order valence-electron chi connectivity index (χ3n) is 8.32. The lowest BCUT2D eigenvalue weighted by molar-refractivity contribution is 1.50. The average molecular weight is 638 g/mol. The van der Waals surface area contributed by atoms with Crippen LogP contribution in [0.25, 0.3) is 72.8 Å². The van der Waals surface area contributed by atoms with Crippen molar-refractivity contribution in [3.05, 3.63) is 188 Å². The van der Waals surface area contributed by atoms with E-state index >= 15 is 0 Å². The molecule has 0 unspecified atom stereocenters. The zero-order valence-corrected chi connectivity index (χ0v) is 29.3. The lowest BCUT2D eigenvalue weighted by atomic mass is 9.82. The van der Waals surface area contributed by atoms with E-state index in [4.69, 9.17) is 5.73 Å². The zero-order chi connectivity index (χ0) is 35.3. The molecule has 0 spiro atoms. The molecule has 1 nitrogen and oxygen atoms in total. The molecule has 0 aromatic heterocycles. The van der Waals surface area contributed by atoms with Crippen molar-refractivity contribution in [3.63, 3.8) is 0 Å². The Bertz CT molecular complexity index is 2160. The first-order valence-electron chi connectivity index (χ1n) is 16.8. The normalized spacial score (nSPS) is 10.9. The van der Waals surface area contributed by atoms with Gasteiger partial charge in [-0.15, -0.1) is 0 Å². The van der Waals surface area contributed by atoms with Gasteiger partial charge in [0.2, 0.25) is 0 Å². The third kappa shape index (κ3) is 7.97. The SMILES string of the molecule is C=CC=C.C=Cc1c(C=C)c(-c2ccc3ccc(C)cc3c2)c2ccccc2c1-c1cccc(-c2ccc(/C(N)=C/C=C\C)cc2)c1.CC. The topological polar surface area (TPSA) is 26.0 Å². The standard InChI is InChI=1S/C42H35N.C4H6.C2H6/c1-5-8-16-40(43)31-22-19-29(20-23-31)32-12-11-13-33(26-32)41-36(6-2)37(7-3)42(39-15-10-9-14-38(39)41)34-24-21-30-18-17-28(4)25-35(30)27-34;1-3-4-2;1-2/h5-27H,2-3,43H2,1,4H3;3-4H,1-2H2;1-2H3/b8-5-,40-16-;;. The lowest BCUT2D eigenvalue weighted by Gasteiger charge is -2.21. The van der Waals surface area contributed by atoms with Crippen LogP contribution in [0, 0.1) is 6.92 Å². The van der Waals surface area contributed by atoms with Crippen LogP contribution in [0.3, 0.4) is 0 Å². The van der Waals surface area contributed by atoms with Gasteiger partial charge in [-0.2, -0.15) is 0 Å². The molecule has 244 valence electrons. The van der Waals surface area contributed by atoms with Gasteiger partial charge in [-0.1, -0.05) is 179 Å². The molecular weight excluding hydrogens is 591 g/mol. The summed E-state index contributed by atoms with van der Waals surface area (Å²) in [5.41, 5.74) is 18.4. The van der Waals surface area contributed by atoms with Gasteiger partial charge in [0, 0.05) is 5.70 Å². The maximum atomic E-state index is 6.26. The largest absolute Gasteiger partial charge is 0.398 e. The van der Waals surface area contributed by atoms with Crippen molar-refractivity contribution in [2.75, 3.05) is 0 Å². The first kappa shape index (κ1) is 35.9. The van der Waals surface area contributed by atoms with Crippen LogP contribution in [0.4, 0.5) is 0 Å². The monoisotopic (exact) mass is 637 g/mol. The van der Waals surface area contributed by atoms with Gasteiger partial charge in [-0.05, 0) is 104 Å². The zero-order valence-electron chi connectivity index (χ0n) is 29.3. The molecule has 0 atom stereocenters. The van der Waals surface area contributed by atoms with Crippen LogP contribution in [0.1, 0.15) is 43.0 Å². The first-order valence-corrected chi connectivity index (χ1v) is 16.8. The fourth-order valence-electron chi connectivity index (χ4n) is 6.05. The number of hydrogen-bond donors (Lipinski definition) is 1. The van der Waals surface area contributed by atoms with Crippen molar-refractivity contribution in [2.24, 2.45) is 5.73 Å². The second-order valence-electron chi connectivity index (χ2n) is 11.4. The molecule has 49 heavy (non-hydrogen) atoms. The Balaban J connectivity index is 0.000000841. The van der Waals surface area contributed by atoms with Crippen LogP contribution in [0.2, 0.25) is 0 Å². The number of rotatable bonds is 8. The second kappa shape index (κ2) is 17.3. The van der Waals surface area contributed by atoms with Crippen LogP contribution in [-0.2, 0) is 0 Å². The van der Waals surface area contributed by atoms with Gasteiger partial charge in [0.1, 0.15) is 0 Å². The van der Waals surface area contributed by atoms with Crippen molar-refractivity contribution >= 4 is 39.4 Å². The molecule has 6 aromatic rings. The lowest BCUT2D eigenvalue weighted by Crippen LogP contribution is -1.96. The van der Waals surface area contributed by atoms with Crippen LogP contribution in [-0.4, -0.2) is 0 Å².